The van der Waals surface area contributed by atoms with Crippen molar-refractivity contribution in [2.45, 2.75) is 12.8 Å². The first kappa shape index (κ1) is 13.4. The van der Waals surface area contributed by atoms with Gasteiger partial charge in [0.25, 0.3) is 0 Å². The van der Waals surface area contributed by atoms with Crippen molar-refractivity contribution in [3.8, 4) is 0 Å². The van der Waals surface area contributed by atoms with Crippen LogP contribution >= 0.6 is 11.6 Å². The minimum atomic E-state index is 0.00956. The van der Waals surface area contributed by atoms with Gasteiger partial charge in [-0.3, -0.25) is 4.79 Å². The van der Waals surface area contributed by atoms with Crippen LogP contribution in [-0.2, 0) is 4.79 Å². The Labute approximate surface area is 116 Å². The Morgan fingerprint density at radius 2 is 2.26 bits per heavy atom. The molecule has 5 nitrogen and oxygen atoms in total. The average Bonchev–Trinajstić information content (AvgIpc) is 3.20. The molecule has 0 aliphatic heterocycles. The van der Waals surface area contributed by atoms with Gasteiger partial charge in [-0.1, -0.05) is 11.6 Å². The van der Waals surface area contributed by atoms with Crippen LogP contribution in [0.25, 0.3) is 5.57 Å². The largest absolute Gasteiger partial charge is 0.404 e. The zero-order valence-corrected chi connectivity index (χ0v) is 11.0. The van der Waals surface area contributed by atoms with E-state index in [4.69, 9.17) is 23.1 Å². The maximum Gasteiger partial charge on any atom is 0.228 e. The lowest BCUT2D eigenvalue weighted by atomic mass is 10.1. The second kappa shape index (κ2) is 5.75. The second-order valence-corrected chi connectivity index (χ2v) is 4.78. The summed E-state index contributed by atoms with van der Waals surface area (Å²) < 4.78 is 0. The van der Waals surface area contributed by atoms with Gasteiger partial charge in [0.2, 0.25) is 5.91 Å². The normalized spacial score (nSPS) is 16.3. The van der Waals surface area contributed by atoms with E-state index in [0.29, 0.717) is 11.4 Å². The molecule has 100 valence electrons. The third-order valence-electron chi connectivity index (χ3n) is 2.77. The molecule has 2 rings (SSSR count). The first-order valence-electron chi connectivity index (χ1n) is 5.92. The van der Waals surface area contributed by atoms with Crippen LogP contribution in [-0.4, -0.2) is 10.9 Å². The Balaban J connectivity index is 2.18. The maximum absolute atomic E-state index is 11.7. The van der Waals surface area contributed by atoms with Gasteiger partial charge in [-0.25, -0.2) is 4.98 Å². The summed E-state index contributed by atoms with van der Waals surface area (Å²) in [5.41, 5.74) is 12.4. The van der Waals surface area contributed by atoms with E-state index in [1.165, 1.54) is 6.20 Å². The standard InChI is InChI=1S/C13H15ClN4O/c14-11(16)5-10(7-15)9-3-4-17-12(6-9)18-13(19)8-1-2-8/h3-8H,1-2,15-16H2,(H,17,18,19)/b10-7+,11-5-. The molecule has 5 N–H and O–H groups in total. The van der Waals surface area contributed by atoms with Crippen molar-refractivity contribution in [1.82, 2.24) is 4.98 Å². The van der Waals surface area contributed by atoms with Crippen LogP contribution in [0.3, 0.4) is 0 Å². The Bertz CT molecular complexity index is 545. The van der Waals surface area contributed by atoms with E-state index in [-0.39, 0.29) is 17.0 Å². The van der Waals surface area contributed by atoms with Crippen molar-refractivity contribution in [2.24, 2.45) is 17.4 Å². The van der Waals surface area contributed by atoms with Crippen molar-refractivity contribution in [1.29, 1.82) is 0 Å². The molecule has 19 heavy (non-hydrogen) atoms. The predicted molar refractivity (Wildman–Crippen MR) is 75.9 cm³/mol. The van der Waals surface area contributed by atoms with E-state index in [1.54, 1.807) is 24.4 Å². The van der Waals surface area contributed by atoms with Gasteiger partial charge in [0.15, 0.2) is 0 Å². The van der Waals surface area contributed by atoms with Gasteiger partial charge in [0, 0.05) is 23.9 Å². The van der Waals surface area contributed by atoms with Gasteiger partial charge in [-0.15, -0.1) is 0 Å². The van der Waals surface area contributed by atoms with Gasteiger partial charge in [-0.2, -0.15) is 0 Å². The summed E-state index contributed by atoms with van der Waals surface area (Å²) >= 11 is 5.63. The molecule has 0 bridgehead atoms. The van der Waals surface area contributed by atoms with Crippen molar-refractivity contribution in [3.63, 3.8) is 0 Å². The zero-order chi connectivity index (χ0) is 13.8. The number of anilines is 1. The number of amides is 1. The summed E-state index contributed by atoms with van der Waals surface area (Å²) in [6, 6.07) is 3.50. The zero-order valence-electron chi connectivity index (χ0n) is 10.3. The van der Waals surface area contributed by atoms with Gasteiger partial charge in [0.05, 0.1) is 5.16 Å². The minimum Gasteiger partial charge on any atom is -0.404 e. The fourth-order valence-electron chi connectivity index (χ4n) is 1.63. The molecule has 1 aromatic rings. The highest BCUT2D eigenvalue weighted by molar-refractivity contribution is 6.29. The summed E-state index contributed by atoms with van der Waals surface area (Å²) in [7, 11) is 0. The second-order valence-electron chi connectivity index (χ2n) is 4.34. The molecular weight excluding hydrogens is 264 g/mol. The molecule has 0 spiro atoms. The number of hydrogen-bond acceptors (Lipinski definition) is 4. The number of aromatic nitrogens is 1. The van der Waals surface area contributed by atoms with E-state index >= 15 is 0 Å². The van der Waals surface area contributed by atoms with Crippen LogP contribution < -0.4 is 16.8 Å². The first-order valence-corrected chi connectivity index (χ1v) is 6.30. The van der Waals surface area contributed by atoms with Crippen molar-refractivity contribution < 1.29 is 4.79 Å². The molecule has 0 aromatic carbocycles. The minimum absolute atomic E-state index is 0.00956. The monoisotopic (exact) mass is 278 g/mol. The molecular formula is C13H15ClN4O. The molecule has 1 saturated carbocycles. The van der Waals surface area contributed by atoms with Crippen LogP contribution in [0.5, 0.6) is 0 Å². The number of halogens is 1. The van der Waals surface area contributed by atoms with Crippen LogP contribution in [0.15, 0.2) is 35.8 Å². The third-order valence-corrected chi connectivity index (χ3v) is 2.87. The van der Waals surface area contributed by atoms with E-state index < -0.39 is 0 Å². The molecule has 0 unspecified atom stereocenters. The highest BCUT2D eigenvalue weighted by Crippen LogP contribution is 2.30. The molecule has 1 aromatic heterocycles. The van der Waals surface area contributed by atoms with Gasteiger partial charge in [-0.05, 0) is 36.6 Å². The first-order chi connectivity index (χ1) is 9.10. The quantitative estimate of drug-likeness (QED) is 0.578. The highest BCUT2D eigenvalue weighted by atomic mass is 35.5. The van der Waals surface area contributed by atoms with E-state index in [1.807, 2.05) is 0 Å². The molecule has 0 atom stereocenters. The van der Waals surface area contributed by atoms with Crippen LogP contribution in [0, 0.1) is 5.92 Å². The number of nitrogens with zero attached hydrogens (tertiary/aromatic N) is 1. The van der Waals surface area contributed by atoms with Crippen LogP contribution in [0.4, 0.5) is 5.82 Å². The molecule has 6 heteroatoms. The number of allylic oxidation sites excluding steroid dienone is 2. The Hall–Kier alpha value is -2.01. The molecule has 0 radical (unpaired) electrons. The van der Waals surface area contributed by atoms with E-state index in [0.717, 1.165) is 18.4 Å². The van der Waals surface area contributed by atoms with Crippen molar-refractivity contribution in [2.75, 3.05) is 5.32 Å². The fraction of sp³-hybridized carbons (Fsp3) is 0.231. The van der Waals surface area contributed by atoms with Crippen molar-refractivity contribution in [3.05, 3.63) is 41.3 Å². The number of rotatable bonds is 4. The average molecular weight is 279 g/mol. The lowest BCUT2D eigenvalue weighted by molar-refractivity contribution is -0.117. The fourth-order valence-corrected chi connectivity index (χ4v) is 1.75. The number of carbonyl (C=O) groups excluding carboxylic acids is 1. The number of nitrogens with one attached hydrogen (secondary N) is 1. The topological polar surface area (TPSA) is 94.0 Å². The summed E-state index contributed by atoms with van der Waals surface area (Å²) in [6.07, 6.45) is 6.44. The summed E-state index contributed by atoms with van der Waals surface area (Å²) in [5, 5.41) is 2.91. The number of nitrogens with two attached hydrogens (primary N) is 2. The van der Waals surface area contributed by atoms with Crippen LogP contribution in [0.2, 0.25) is 0 Å². The summed E-state index contributed by atoms with van der Waals surface area (Å²) in [5.74, 6) is 0.638. The predicted octanol–water partition coefficient (Wildman–Crippen LogP) is 1.77. The van der Waals surface area contributed by atoms with Gasteiger partial charge < -0.3 is 16.8 Å². The number of pyridine rings is 1. The molecule has 1 heterocycles. The Morgan fingerprint density at radius 3 is 2.84 bits per heavy atom. The number of hydrogen-bond donors (Lipinski definition) is 3. The number of carbonyl (C=O) groups is 1. The summed E-state index contributed by atoms with van der Waals surface area (Å²) in [6.45, 7) is 0. The maximum atomic E-state index is 11.7. The highest BCUT2D eigenvalue weighted by Gasteiger charge is 2.29. The van der Waals surface area contributed by atoms with Gasteiger partial charge in [0.1, 0.15) is 5.82 Å². The molecule has 0 saturated heterocycles. The lowest BCUT2D eigenvalue weighted by Gasteiger charge is -2.06. The van der Waals surface area contributed by atoms with Crippen molar-refractivity contribution >= 4 is 28.9 Å². The Kier molecular flexibility index (Phi) is 4.06. The van der Waals surface area contributed by atoms with Crippen LogP contribution in [0.1, 0.15) is 18.4 Å². The molecule has 1 aliphatic rings. The molecule has 1 fully saturated rings. The van der Waals surface area contributed by atoms with E-state index in [2.05, 4.69) is 10.3 Å². The smallest absolute Gasteiger partial charge is 0.228 e. The lowest BCUT2D eigenvalue weighted by Crippen LogP contribution is -2.14. The van der Waals surface area contributed by atoms with E-state index in [9.17, 15) is 4.79 Å². The Morgan fingerprint density at radius 1 is 1.53 bits per heavy atom. The molecule has 1 amide bonds. The summed E-state index contributed by atoms with van der Waals surface area (Å²) in [4.78, 5) is 15.8. The third kappa shape index (κ3) is 3.72. The molecule has 1 aliphatic carbocycles. The SMILES string of the molecule is N/C=C(\C=C(/N)Cl)c1ccnc(NC(=O)C2CC2)c1. The van der Waals surface area contributed by atoms with Gasteiger partial charge >= 0.3 is 0 Å².